The van der Waals surface area contributed by atoms with Crippen molar-refractivity contribution in [3.8, 4) is 0 Å². The summed E-state index contributed by atoms with van der Waals surface area (Å²) in [5.41, 5.74) is 0. The van der Waals surface area contributed by atoms with Crippen molar-refractivity contribution in [3.63, 3.8) is 0 Å². The molecule has 1 aliphatic rings. The van der Waals surface area contributed by atoms with Crippen molar-refractivity contribution in [2.45, 2.75) is 47.6 Å². The van der Waals surface area contributed by atoms with E-state index in [-0.39, 0.29) is 22.8 Å². The minimum absolute atomic E-state index is 0.0354. The Bertz CT molecular complexity index is 764. The Morgan fingerprint density at radius 1 is 1.24 bits per heavy atom. The van der Waals surface area contributed by atoms with E-state index in [4.69, 9.17) is 4.42 Å². The predicted octanol–water partition coefficient (Wildman–Crippen LogP) is 3.49. The van der Waals surface area contributed by atoms with E-state index in [0.29, 0.717) is 5.76 Å². The van der Waals surface area contributed by atoms with Crippen LogP contribution in [0.2, 0.25) is 0 Å². The molecule has 0 radical (unpaired) electrons. The van der Waals surface area contributed by atoms with Crippen LogP contribution in [0.25, 0.3) is 0 Å². The van der Waals surface area contributed by atoms with Crippen molar-refractivity contribution in [3.05, 3.63) is 41.7 Å². The van der Waals surface area contributed by atoms with E-state index in [2.05, 4.69) is 10.6 Å². The normalized spacial score (nSPS) is 17.1. The van der Waals surface area contributed by atoms with E-state index in [9.17, 15) is 13.2 Å². The Morgan fingerprint density at radius 2 is 2.04 bits per heavy atom. The lowest BCUT2D eigenvalue weighted by atomic mass is 9.96. The number of sulfone groups is 1. The van der Waals surface area contributed by atoms with Crippen LogP contribution in [0.5, 0.6) is 0 Å². The minimum Gasteiger partial charge on any atom is -0.468 e. The molecule has 0 bridgehead atoms. The summed E-state index contributed by atoms with van der Waals surface area (Å²) in [6.45, 7) is -0.0354. The Balaban J connectivity index is 1.68. The topological polar surface area (TPSA) is 88.4 Å². The second-order valence-electron chi connectivity index (χ2n) is 6.17. The molecule has 3 rings (SSSR count). The van der Waals surface area contributed by atoms with Crippen LogP contribution in [0, 0.1) is 0 Å². The third-order valence-corrected chi connectivity index (χ3v) is 7.89. The maximum Gasteiger partial charge on any atom is 0.315 e. The number of thiophene rings is 1. The average Bonchev–Trinajstić information content (AvgIpc) is 3.30. The second kappa shape index (κ2) is 8.05. The van der Waals surface area contributed by atoms with Crippen LogP contribution in [0.4, 0.5) is 4.79 Å². The fourth-order valence-corrected chi connectivity index (χ4v) is 5.86. The van der Waals surface area contributed by atoms with Crippen LogP contribution in [0.15, 0.2) is 44.5 Å². The van der Waals surface area contributed by atoms with Gasteiger partial charge >= 0.3 is 6.03 Å². The van der Waals surface area contributed by atoms with Gasteiger partial charge in [-0.3, -0.25) is 0 Å². The van der Waals surface area contributed by atoms with Crippen molar-refractivity contribution in [1.29, 1.82) is 0 Å². The number of hydrogen-bond donors (Lipinski definition) is 2. The Morgan fingerprint density at radius 3 is 2.68 bits per heavy atom. The van der Waals surface area contributed by atoms with Gasteiger partial charge in [-0.25, -0.2) is 13.2 Å². The summed E-state index contributed by atoms with van der Waals surface area (Å²) in [6, 6.07) is 6.37. The number of carbonyl (C=O) groups excluding carboxylic acids is 1. The smallest absolute Gasteiger partial charge is 0.315 e. The molecule has 0 spiro atoms. The van der Waals surface area contributed by atoms with Crippen molar-refractivity contribution in [2.24, 2.45) is 0 Å². The van der Waals surface area contributed by atoms with Crippen LogP contribution in [0.3, 0.4) is 0 Å². The number of carbonyl (C=O) groups is 1. The van der Waals surface area contributed by atoms with Crippen molar-refractivity contribution in [1.82, 2.24) is 10.6 Å². The Labute approximate surface area is 151 Å². The summed E-state index contributed by atoms with van der Waals surface area (Å²) < 4.78 is 31.3. The first-order valence-electron chi connectivity index (χ1n) is 8.42. The molecule has 0 saturated heterocycles. The quantitative estimate of drug-likeness (QED) is 0.800. The molecule has 1 unspecified atom stereocenters. The van der Waals surface area contributed by atoms with Gasteiger partial charge in [0.05, 0.1) is 6.26 Å². The predicted molar refractivity (Wildman–Crippen MR) is 96.4 cm³/mol. The number of nitrogens with one attached hydrogen (secondary N) is 2. The molecule has 0 aliphatic heterocycles. The number of urea groups is 1. The molecule has 1 fully saturated rings. The van der Waals surface area contributed by atoms with Gasteiger partial charge in [0.1, 0.15) is 15.2 Å². The summed E-state index contributed by atoms with van der Waals surface area (Å²) in [5, 5.41) is 6.41. The largest absolute Gasteiger partial charge is 0.468 e. The molecule has 25 heavy (non-hydrogen) atoms. The zero-order valence-corrected chi connectivity index (χ0v) is 15.4. The number of hydrogen-bond acceptors (Lipinski definition) is 5. The zero-order valence-electron chi connectivity index (χ0n) is 13.8. The minimum atomic E-state index is -3.63. The Hall–Kier alpha value is -1.80. The molecule has 2 aromatic rings. The molecule has 1 atom stereocenters. The highest BCUT2D eigenvalue weighted by Gasteiger charge is 2.32. The van der Waals surface area contributed by atoms with Gasteiger partial charge < -0.3 is 15.1 Å². The summed E-state index contributed by atoms with van der Waals surface area (Å²) >= 11 is 1.16. The molecule has 2 aromatic heterocycles. The van der Waals surface area contributed by atoms with Crippen molar-refractivity contribution < 1.29 is 17.6 Å². The lowest BCUT2D eigenvalue weighted by Gasteiger charge is -2.23. The lowest BCUT2D eigenvalue weighted by Crippen LogP contribution is -2.44. The van der Waals surface area contributed by atoms with Crippen LogP contribution in [0.1, 0.15) is 43.1 Å². The van der Waals surface area contributed by atoms with Crippen molar-refractivity contribution in [2.75, 3.05) is 6.54 Å². The fraction of sp³-hybridized carbons (Fsp3) is 0.471. The molecule has 2 amide bonds. The fourth-order valence-electron chi connectivity index (χ4n) is 3.07. The molecule has 8 heteroatoms. The lowest BCUT2D eigenvalue weighted by molar-refractivity contribution is 0.232. The molecule has 6 nitrogen and oxygen atoms in total. The molecule has 1 saturated carbocycles. The van der Waals surface area contributed by atoms with Crippen LogP contribution >= 0.6 is 11.3 Å². The van der Waals surface area contributed by atoms with Crippen molar-refractivity contribution >= 4 is 27.2 Å². The maximum atomic E-state index is 12.9. The summed E-state index contributed by atoms with van der Waals surface area (Å²) in [6.07, 6.45) is 6.83. The molecule has 1 aliphatic carbocycles. The average molecular weight is 383 g/mol. The van der Waals surface area contributed by atoms with Crippen LogP contribution < -0.4 is 10.6 Å². The maximum absolute atomic E-state index is 12.9. The third kappa shape index (κ3) is 4.43. The summed E-state index contributed by atoms with van der Waals surface area (Å²) in [4.78, 5) is 12.2. The molecular weight excluding hydrogens is 360 g/mol. The monoisotopic (exact) mass is 382 g/mol. The first-order chi connectivity index (χ1) is 12.1. The van der Waals surface area contributed by atoms with Gasteiger partial charge in [0.25, 0.3) is 0 Å². The van der Waals surface area contributed by atoms with Gasteiger partial charge in [0.2, 0.25) is 0 Å². The van der Waals surface area contributed by atoms with E-state index in [1.807, 2.05) is 0 Å². The second-order valence-corrected chi connectivity index (χ2v) is 9.48. The SMILES string of the molecule is O=C(NCC(c1ccco1)S(=O)(=O)c1cccs1)NC1CCCCC1. The van der Waals surface area contributed by atoms with Gasteiger partial charge in [-0.15, -0.1) is 11.3 Å². The van der Waals surface area contributed by atoms with Gasteiger partial charge in [0, 0.05) is 12.6 Å². The van der Waals surface area contributed by atoms with Crippen LogP contribution in [-0.2, 0) is 9.84 Å². The highest BCUT2D eigenvalue weighted by molar-refractivity contribution is 7.93. The Kier molecular flexibility index (Phi) is 5.80. The zero-order chi connectivity index (χ0) is 17.7. The van der Waals surface area contributed by atoms with Gasteiger partial charge in [-0.05, 0) is 36.4 Å². The summed E-state index contributed by atoms with van der Waals surface area (Å²) in [7, 11) is -3.63. The number of rotatable bonds is 6. The van der Waals surface area contributed by atoms with E-state index in [0.717, 1.165) is 37.0 Å². The van der Waals surface area contributed by atoms with Gasteiger partial charge in [0.15, 0.2) is 9.84 Å². The van der Waals surface area contributed by atoms with Crippen LogP contribution in [-0.4, -0.2) is 27.0 Å². The molecule has 2 N–H and O–H groups in total. The van der Waals surface area contributed by atoms with Gasteiger partial charge in [-0.2, -0.15) is 0 Å². The van der Waals surface area contributed by atoms with E-state index in [1.54, 1.807) is 29.6 Å². The highest BCUT2D eigenvalue weighted by atomic mass is 32.2. The molecular formula is C17H22N2O4S2. The third-order valence-electron chi connectivity index (χ3n) is 4.40. The first-order valence-corrected chi connectivity index (χ1v) is 10.8. The highest BCUT2D eigenvalue weighted by Crippen LogP contribution is 2.31. The molecule has 136 valence electrons. The molecule has 0 aromatic carbocycles. The van der Waals surface area contributed by atoms with Gasteiger partial charge in [-0.1, -0.05) is 25.3 Å². The standard InChI is InChI=1S/C17H22N2O4S2/c20-17(19-13-6-2-1-3-7-13)18-12-15(14-8-4-10-23-14)25(21,22)16-9-5-11-24-16/h4-5,8-11,13,15H,1-3,6-7,12H2,(H2,18,19,20). The van der Waals surface area contributed by atoms with E-state index in [1.165, 1.54) is 12.7 Å². The number of amides is 2. The van der Waals surface area contributed by atoms with E-state index < -0.39 is 15.1 Å². The summed E-state index contributed by atoms with van der Waals surface area (Å²) in [5.74, 6) is 0.325. The number of furan rings is 1. The molecule has 2 heterocycles. The van der Waals surface area contributed by atoms with E-state index >= 15 is 0 Å². The first kappa shape index (κ1) is 18.0.